The number of ether oxygens (including phenoxy) is 1. The van der Waals surface area contributed by atoms with E-state index in [0.29, 0.717) is 5.75 Å². The zero-order valence-electron chi connectivity index (χ0n) is 8.58. The Labute approximate surface area is 105 Å². The van der Waals surface area contributed by atoms with E-state index < -0.39 is 23.3 Å². The van der Waals surface area contributed by atoms with Gasteiger partial charge in [-0.25, -0.2) is 9.59 Å². The average Bonchev–Trinajstić information content (AvgIpc) is 2.47. The van der Waals surface area contributed by atoms with Gasteiger partial charge >= 0.3 is 11.9 Å². The molecule has 0 amide bonds. The minimum absolute atomic E-state index is 0.00824. The van der Waals surface area contributed by atoms with Gasteiger partial charge in [-0.05, 0) is 0 Å². The number of aliphatic hydroxyl groups excluding tert-OH is 2. The van der Waals surface area contributed by atoms with Crippen LogP contribution >= 0.6 is 23.5 Å². The van der Waals surface area contributed by atoms with Crippen LogP contribution in [0.1, 0.15) is 0 Å². The molecular formula is C9H10O6S2. The van der Waals surface area contributed by atoms with Gasteiger partial charge < -0.3 is 20.1 Å². The topological polar surface area (TPSA) is 104 Å². The lowest BCUT2D eigenvalue weighted by molar-refractivity contribution is -0.165. The number of esters is 1. The molecule has 0 aromatic heterocycles. The van der Waals surface area contributed by atoms with Gasteiger partial charge in [-0.1, -0.05) is 0 Å². The first-order valence-corrected chi connectivity index (χ1v) is 6.80. The van der Waals surface area contributed by atoms with Crippen LogP contribution in [0.3, 0.4) is 0 Å². The molecule has 1 fully saturated rings. The zero-order chi connectivity index (χ0) is 12.6. The van der Waals surface area contributed by atoms with Crippen molar-refractivity contribution in [2.45, 2.75) is 10.9 Å². The average molecular weight is 278 g/mol. The van der Waals surface area contributed by atoms with Crippen molar-refractivity contribution >= 4 is 35.5 Å². The number of carbonyl (C=O) groups is 2. The summed E-state index contributed by atoms with van der Waals surface area (Å²) in [4.78, 5) is 22.6. The molecule has 0 spiro atoms. The van der Waals surface area contributed by atoms with E-state index in [1.807, 2.05) is 0 Å². The first kappa shape index (κ1) is 12.6. The third kappa shape index (κ3) is 1.90. The lowest BCUT2D eigenvalue weighted by atomic mass is 10.1. The van der Waals surface area contributed by atoms with Crippen LogP contribution in [0.25, 0.3) is 0 Å². The Morgan fingerprint density at radius 1 is 1.59 bits per heavy atom. The van der Waals surface area contributed by atoms with Gasteiger partial charge in [-0.3, -0.25) is 0 Å². The molecule has 0 aromatic rings. The second-order valence-corrected chi connectivity index (χ2v) is 5.94. The Balaban J connectivity index is 2.39. The van der Waals surface area contributed by atoms with Gasteiger partial charge in [0.05, 0.1) is 17.3 Å². The molecule has 8 heteroatoms. The molecule has 2 aliphatic rings. The van der Waals surface area contributed by atoms with Crippen LogP contribution in [0.4, 0.5) is 0 Å². The monoisotopic (exact) mass is 278 g/mol. The fraction of sp³-hybridized carbons (Fsp3) is 0.556. The van der Waals surface area contributed by atoms with E-state index in [2.05, 4.69) is 0 Å². The van der Waals surface area contributed by atoms with E-state index >= 15 is 0 Å². The summed E-state index contributed by atoms with van der Waals surface area (Å²) in [6.45, 7) is -0.0879. The quantitative estimate of drug-likeness (QED) is 0.605. The van der Waals surface area contributed by atoms with Gasteiger partial charge in [-0.15, -0.1) is 11.8 Å². The van der Waals surface area contributed by atoms with Crippen molar-refractivity contribution in [3.05, 3.63) is 10.7 Å². The molecule has 2 atom stereocenters. The van der Waals surface area contributed by atoms with E-state index in [-0.39, 0.29) is 22.5 Å². The molecule has 6 nitrogen and oxygen atoms in total. The smallest absolute Gasteiger partial charge is 0.375 e. The molecule has 17 heavy (non-hydrogen) atoms. The summed E-state index contributed by atoms with van der Waals surface area (Å²) < 4.78 is 4.81. The van der Waals surface area contributed by atoms with Gasteiger partial charge in [0.15, 0.2) is 0 Å². The minimum atomic E-state index is -1.79. The summed E-state index contributed by atoms with van der Waals surface area (Å²) in [5.41, 5.74) is -1.79. The maximum absolute atomic E-state index is 11.3. The van der Waals surface area contributed by atoms with Gasteiger partial charge in [0.25, 0.3) is 5.60 Å². The Kier molecular flexibility index (Phi) is 3.28. The number of hydrogen-bond donors (Lipinski definition) is 3. The number of fused-ring (bicyclic) bond motifs is 1. The number of carbonyl (C=O) groups excluding carboxylic acids is 1. The highest BCUT2D eigenvalue weighted by Crippen LogP contribution is 2.45. The van der Waals surface area contributed by atoms with Crippen LogP contribution in [-0.4, -0.2) is 56.2 Å². The van der Waals surface area contributed by atoms with E-state index in [9.17, 15) is 19.8 Å². The summed E-state index contributed by atoms with van der Waals surface area (Å²) in [6, 6.07) is 0. The van der Waals surface area contributed by atoms with Crippen molar-refractivity contribution in [2.75, 3.05) is 18.1 Å². The lowest BCUT2D eigenvalue weighted by Gasteiger charge is -2.22. The molecule has 3 N–H and O–H groups in total. The molecule has 0 bridgehead atoms. The number of aliphatic carboxylic acids is 1. The predicted octanol–water partition coefficient (Wildman–Crippen LogP) is -0.0229. The maximum Gasteiger partial charge on any atom is 0.375 e. The summed E-state index contributed by atoms with van der Waals surface area (Å²) in [5, 5.41) is 27.7. The third-order valence-electron chi connectivity index (χ3n) is 2.53. The molecule has 1 saturated heterocycles. The van der Waals surface area contributed by atoms with Crippen molar-refractivity contribution in [3.8, 4) is 0 Å². The SMILES string of the molecule is O=C1OC2(C(=O)O)CSC(CO)CSC2=C1O. The van der Waals surface area contributed by atoms with Crippen LogP contribution in [-0.2, 0) is 14.3 Å². The first-order chi connectivity index (χ1) is 8.01. The summed E-state index contributed by atoms with van der Waals surface area (Å²) in [7, 11) is 0. The molecule has 2 unspecified atom stereocenters. The minimum Gasteiger partial charge on any atom is -0.501 e. The molecular weight excluding hydrogens is 268 g/mol. The van der Waals surface area contributed by atoms with Crippen LogP contribution < -0.4 is 0 Å². The summed E-state index contributed by atoms with van der Waals surface area (Å²) >= 11 is 2.27. The second kappa shape index (κ2) is 4.43. The maximum atomic E-state index is 11.3. The van der Waals surface area contributed by atoms with Gasteiger partial charge in [0.1, 0.15) is 0 Å². The van der Waals surface area contributed by atoms with E-state index in [0.717, 1.165) is 11.8 Å². The van der Waals surface area contributed by atoms with Crippen molar-refractivity contribution in [3.63, 3.8) is 0 Å². The molecule has 0 aliphatic carbocycles. The number of hydrogen-bond acceptors (Lipinski definition) is 7. The Morgan fingerprint density at radius 2 is 2.29 bits per heavy atom. The molecule has 2 heterocycles. The molecule has 2 rings (SSSR count). The van der Waals surface area contributed by atoms with Crippen LogP contribution in [0, 0.1) is 0 Å². The molecule has 0 radical (unpaired) electrons. The zero-order valence-corrected chi connectivity index (χ0v) is 10.2. The molecule has 0 aromatic carbocycles. The predicted molar refractivity (Wildman–Crippen MR) is 61.9 cm³/mol. The number of carboxylic acid groups (broad SMARTS) is 1. The van der Waals surface area contributed by atoms with E-state index in [1.54, 1.807) is 0 Å². The highest BCUT2D eigenvalue weighted by Gasteiger charge is 2.56. The van der Waals surface area contributed by atoms with Crippen LogP contribution in [0.2, 0.25) is 0 Å². The van der Waals surface area contributed by atoms with Crippen molar-refractivity contribution in [2.24, 2.45) is 0 Å². The summed E-state index contributed by atoms with van der Waals surface area (Å²) in [6.07, 6.45) is 0. The van der Waals surface area contributed by atoms with Gasteiger partial charge in [-0.2, -0.15) is 11.8 Å². The summed E-state index contributed by atoms with van der Waals surface area (Å²) in [5.74, 6) is -2.52. The van der Waals surface area contributed by atoms with E-state index in [4.69, 9.17) is 9.84 Å². The second-order valence-electron chi connectivity index (χ2n) is 3.63. The normalized spacial score (nSPS) is 33.0. The number of carboxylic acids is 1. The molecule has 94 valence electrons. The fourth-order valence-corrected chi connectivity index (χ4v) is 4.28. The highest BCUT2D eigenvalue weighted by atomic mass is 32.2. The van der Waals surface area contributed by atoms with Crippen LogP contribution in [0.15, 0.2) is 10.7 Å². The standard InChI is InChI=1S/C9H10O6S2/c10-1-4-2-16-6-5(11)7(12)15-9(6,3-17-4)8(13)14/h4,10-11H,1-3H2,(H,13,14). The third-order valence-corrected chi connectivity index (χ3v) is 5.48. The fourth-order valence-electron chi connectivity index (χ4n) is 1.58. The van der Waals surface area contributed by atoms with Gasteiger partial charge in [0.2, 0.25) is 5.76 Å². The molecule has 2 aliphatic heterocycles. The number of aliphatic hydroxyl groups is 2. The lowest BCUT2D eigenvalue weighted by Crippen LogP contribution is -2.43. The van der Waals surface area contributed by atoms with Crippen LogP contribution in [0.5, 0.6) is 0 Å². The van der Waals surface area contributed by atoms with Crippen molar-refractivity contribution in [1.29, 1.82) is 0 Å². The Morgan fingerprint density at radius 3 is 2.88 bits per heavy atom. The number of rotatable bonds is 2. The Bertz CT molecular complexity index is 406. The first-order valence-electron chi connectivity index (χ1n) is 4.77. The largest absolute Gasteiger partial charge is 0.501 e. The Hall–Kier alpha value is -0.860. The van der Waals surface area contributed by atoms with Crippen molar-refractivity contribution in [1.82, 2.24) is 0 Å². The van der Waals surface area contributed by atoms with Crippen molar-refractivity contribution < 1.29 is 29.6 Å². The number of thioether (sulfide) groups is 2. The van der Waals surface area contributed by atoms with E-state index in [1.165, 1.54) is 11.8 Å². The molecule has 0 saturated carbocycles. The van der Waals surface area contributed by atoms with Gasteiger partial charge in [0, 0.05) is 11.0 Å². The highest BCUT2D eigenvalue weighted by molar-refractivity contribution is 8.06.